The van der Waals surface area contributed by atoms with Gasteiger partial charge in [0.25, 0.3) is 0 Å². The Hall–Kier alpha value is -3.51. The number of hydrogen-bond acceptors (Lipinski definition) is 6. The minimum atomic E-state index is -4.22. The highest BCUT2D eigenvalue weighted by Crippen LogP contribution is 2.29. The summed E-state index contributed by atoms with van der Waals surface area (Å²) in [4.78, 5) is 21.1. The van der Waals surface area contributed by atoms with E-state index in [1.54, 1.807) is 54.7 Å². The predicted molar refractivity (Wildman–Crippen MR) is 147 cm³/mol. The van der Waals surface area contributed by atoms with Crippen LogP contribution in [0.15, 0.2) is 107 Å². The molecule has 2 heterocycles. The Kier molecular flexibility index (Phi) is 9.52. The number of aliphatic carboxylic acids is 1. The highest BCUT2D eigenvalue weighted by molar-refractivity contribution is 9.10. The molecule has 11 heteroatoms. The first kappa shape index (κ1) is 28.5. The van der Waals surface area contributed by atoms with Gasteiger partial charge >= 0.3 is 5.97 Å². The van der Waals surface area contributed by atoms with Crippen LogP contribution in [0.25, 0.3) is 0 Å². The molecule has 202 valence electrons. The fourth-order valence-electron chi connectivity index (χ4n) is 4.10. The van der Waals surface area contributed by atoms with Crippen LogP contribution in [0.5, 0.6) is 0 Å². The Balaban J connectivity index is 1.72. The van der Waals surface area contributed by atoms with Gasteiger partial charge in [-0.05, 0) is 66.2 Å². The quantitative estimate of drug-likeness (QED) is 0.236. The van der Waals surface area contributed by atoms with Crippen LogP contribution in [-0.4, -0.2) is 40.3 Å². The Morgan fingerprint density at radius 1 is 0.923 bits per heavy atom. The highest BCUT2D eigenvalue weighted by atomic mass is 79.9. The molecular weight excluding hydrogens is 587 g/mol. The van der Waals surface area contributed by atoms with Gasteiger partial charge < -0.3 is 10.4 Å². The Bertz CT molecular complexity index is 1480. The van der Waals surface area contributed by atoms with E-state index in [0.29, 0.717) is 17.0 Å². The summed E-state index contributed by atoms with van der Waals surface area (Å²) in [6.07, 6.45) is 3.18. The maximum Gasteiger partial charge on any atom is 0.309 e. The summed E-state index contributed by atoms with van der Waals surface area (Å²) in [5, 5.41) is 13.7. The Morgan fingerprint density at radius 2 is 1.54 bits per heavy atom. The number of rotatable bonds is 12. The van der Waals surface area contributed by atoms with Crippen LogP contribution in [-0.2, 0) is 27.9 Å². The van der Waals surface area contributed by atoms with Crippen LogP contribution in [0, 0.1) is 11.7 Å². The molecule has 0 saturated heterocycles. The van der Waals surface area contributed by atoms with Gasteiger partial charge in [-0.1, -0.05) is 40.2 Å². The van der Waals surface area contributed by atoms with Crippen molar-refractivity contribution in [1.82, 2.24) is 19.6 Å². The average Bonchev–Trinajstić information content (AvgIpc) is 2.94. The molecule has 0 saturated carbocycles. The number of nitrogens with one attached hydrogen (secondary N) is 1. The fourth-order valence-corrected chi connectivity index (χ4v) is 5.80. The third-order valence-corrected chi connectivity index (χ3v) is 8.45. The van der Waals surface area contributed by atoms with E-state index in [1.807, 2.05) is 12.1 Å². The average molecular weight is 614 g/mol. The molecule has 0 bridgehead atoms. The van der Waals surface area contributed by atoms with Crippen molar-refractivity contribution in [3.8, 4) is 0 Å². The summed E-state index contributed by atoms with van der Waals surface area (Å²) in [7, 11) is -4.22. The van der Waals surface area contributed by atoms with Crippen molar-refractivity contribution in [1.29, 1.82) is 0 Å². The second kappa shape index (κ2) is 13.0. The summed E-state index contributed by atoms with van der Waals surface area (Å²) >= 11 is 3.40. The van der Waals surface area contributed by atoms with Crippen molar-refractivity contribution in [2.75, 3.05) is 6.54 Å². The van der Waals surface area contributed by atoms with E-state index in [4.69, 9.17) is 0 Å². The summed E-state index contributed by atoms with van der Waals surface area (Å²) in [6.45, 7) is -0.282. The number of carbonyl (C=O) groups is 1. The number of nitrogens with zero attached hydrogens (tertiary/aromatic N) is 3. The van der Waals surface area contributed by atoms with Crippen LogP contribution in [0.1, 0.15) is 23.0 Å². The third-order valence-electron chi connectivity index (χ3n) is 6.09. The molecule has 2 aromatic heterocycles. The predicted octanol–water partition coefficient (Wildman–Crippen LogP) is 4.80. The van der Waals surface area contributed by atoms with Gasteiger partial charge in [0.05, 0.1) is 28.7 Å². The number of hydrogen-bond donors (Lipinski definition) is 2. The van der Waals surface area contributed by atoms with Crippen LogP contribution in [0.4, 0.5) is 4.39 Å². The summed E-state index contributed by atoms with van der Waals surface area (Å²) < 4.78 is 42.9. The molecule has 2 aromatic carbocycles. The van der Waals surface area contributed by atoms with Gasteiger partial charge in [-0.3, -0.25) is 14.8 Å². The van der Waals surface area contributed by atoms with E-state index >= 15 is 0 Å². The van der Waals surface area contributed by atoms with E-state index < -0.39 is 33.8 Å². The zero-order chi connectivity index (χ0) is 27.8. The van der Waals surface area contributed by atoms with Crippen LogP contribution in [0.2, 0.25) is 0 Å². The number of carboxylic acid groups (broad SMARTS) is 1. The smallest absolute Gasteiger partial charge is 0.309 e. The number of pyridine rings is 2. The first-order chi connectivity index (χ1) is 18.7. The van der Waals surface area contributed by atoms with Gasteiger partial charge in [0, 0.05) is 36.0 Å². The van der Waals surface area contributed by atoms with E-state index in [1.165, 1.54) is 6.20 Å². The molecule has 0 fully saturated rings. The van der Waals surface area contributed by atoms with E-state index in [-0.39, 0.29) is 24.5 Å². The van der Waals surface area contributed by atoms with Crippen LogP contribution < -0.4 is 5.32 Å². The van der Waals surface area contributed by atoms with Gasteiger partial charge in [0.2, 0.25) is 10.0 Å². The van der Waals surface area contributed by atoms with Crippen molar-refractivity contribution in [3.63, 3.8) is 0 Å². The summed E-state index contributed by atoms with van der Waals surface area (Å²) in [6, 6.07) is 21.3. The number of sulfonamides is 1. The van der Waals surface area contributed by atoms with E-state index in [0.717, 1.165) is 33.0 Å². The van der Waals surface area contributed by atoms with Gasteiger partial charge in [-0.15, -0.1) is 0 Å². The van der Waals surface area contributed by atoms with Crippen molar-refractivity contribution in [3.05, 3.63) is 125 Å². The van der Waals surface area contributed by atoms with Crippen molar-refractivity contribution < 1.29 is 22.7 Å². The van der Waals surface area contributed by atoms with E-state index in [9.17, 15) is 22.7 Å². The molecule has 4 aromatic rings. The number of aromatic nitrogens is 2. The second-order valence-electron chi connectivity index (χ2n) is 8.75. The van der Waals surface area contributed by atoms with Gasteiger partial charge in [-0.25, -0.2) is 12.8 Å². The first-order valence-corrected chi connectivity index (χ1v) is 14.2. The van der Waals surface area contributed by atoms with Crippen LogP contribution in [0.3, 0.4) is 0 Å². The minimum Gasteiger partial charge on any atom is -0.481 e. The molecule has 39 heavy (non-hydrogen) atoms. The number of halogens is 2. The maximum absolute atomic E-state index is 13.7. The lowest BCUT2D eigenvalue weighted by Crippen LogP contribution is -2.43. The van der Waals surface area contributed by atoms with Gasteiger partial charge in [-0.2, -0.15) is 4.31 Å². The lowest BCUT2D eigenvalue weighted by atomic mass is 9.92. The third kappa shape index (κ3) is 7.54. The SMILES string of the molecule is O=C(O)C(CN(Cc1ccccn1)S(=O)(=O)c1ccc(F)cc1)C(NCc1ccccn1)c1ccc(Br)cc1. The molecular formula is C28H26BrFN4O4S. The van der Waals surface area contributed by atoms with Crippen molar-refractivity contribution in [2.45, 2.75) is 24.0 Å². The normalized spacial score (nSPS) is 13.2. The first-order valence-electron chi connectivity index (χ1n) is 12.0. The maximum atomic E-state index is 13.7. The van der Waals surface area contributed by atoms with E-state index in [2.05, 4.69) is 31.2 Å². The standard InChI is InChI=1S/C28H26BrFN4O4S/c29-21-9-7-20(8-10-21)27(33-17-23-5-1-3-15-31-23)26(28(35)36)19-34(18-24-6-2-4-16-32-24)39(37,38)25-13-11-22(30)12-14-25/h1-16,26-27,33H,17-19H2,(H,35,36). The molecule has 0 amide bonds. The zero-order valence-corrected chi connectivity index (χ0v) is 23.1. The molecule has 0 aliphatic carbocycles. The lowest BCUT2D eigenvalue weighted by molar-refractivity contribution is -0.143. The zero-order valence-electron chi connectivity index (χ0n) is 20.7. The Labute approximate surface area is 234 Å². The topological polar surface area (TPSA) is 112 Å². The molecule has 0 aliphatic heterocycles. The molecule has 2 N–H and O–H groups in total. The summed E-state index contributed by atoms with van der Waals surface area (Å²) in [5.74, 6) is -2.96. The molecule has 4 rings (SSSR count). The molecule has 2 unspecified atom stereocenters. The monoisotopic (exact) mass is 612 g/mol. The number of carboxylic acids is 1. The largest absolute Gasteiger partial charge is 0.481 e. The molecule has 0 spiro atoms. The Morgan fingerprint density at radius 3 is 2.10 bits per heavy atom. The lowest BCUT2D eigenvalue weighted by Gasteiger charge is -2.31. The molecule has 0 radical (unpaired) electrons. The van der Waals surface area contributed by atoms with Crippen LogP contribution >= 0.6 is 15.9 Å². The molecule has 8 nitrogen and oxygen atoms in total. The summed E-state index contributed by atoms with van der Waals surface area (Å²) in [5.41, 5.74) is 1.81. The number of benzene rings is 2. The van der Waals surface area contributed by atoms with Crippen molar-refractivity contribution >= 4 is 31.9 Å². The minimum absolute atomic E-state index is 0.148. The highest BCUT2D eigenvalue weighted by Gasteiger charge is 2.36. The second-order valence-corrected chi connectivity index (χ2v) is 11.6. The van der Waals surface area contributed by atoms with Gasteiger partial charge in [0.15, 0.2) is 0 Å². The van der Waals surface area contributed by atoms with Gasteiger partial charge in [0.1, 0.15) is 5.82 Å². The molecule has 0 aliphatic rings. The fraction of sp³-hybridized carbons (Fsp3) is 0.179. The van der Waals surface area contributed by atoms with Crippen molar-refractivity contribution in [2.24, 2.45) is 5.92 Å². The molecule has 2 atom stereocenters.